The first-order valence-corrected chi connectivity index (χ1v) is 3.55. The molecule has 5 heteroatoms. The summed E-state index contributed by atoms with van der Waals surface area (Å²) in [6.07, 6.45) is -1.40. The van der Waals surface area contributed by atoms with E-state index < -0.39 is 24.7 Å². The molecule has 0 aliphatic carbocycles. The molecule has 0 saturated carbocycles. The Morgan fingerprint density at radius 1 is 1.64 bits per heavy atom. The molecule has 0 aromatic carbocycles. The van der Waals surface area contributed by atoms with Gasteiger partial charge in [0.05, 0.1) is 6.61 Å². The van der Waals surface area contributed by atoms with Crippen LogP contribution in [-0.4, -0.2) is 45.1 Å². The Balaban J connectivity index is 2.54. The van der Waals surface area contributed by atoms with Gasteiger partial charge in [-0.1, -0.05) is 0 Å². The van der Waals surface area contributed by atoms with E-state index in [1.165, 1.54) is 0 Å². The molecular weight excluding hydrogens is 150 g/mol. The number of rotatable bonds is 2. The van der Waals surface area contributed by atoms with Crippen molar-refractivity contribution in [3.8, 4) is 0 Å². The lowest BCUT2D eigenvalue weighted by Crippen LogP contribution is -2.53. The summed E-state index contributed by atoms with van der Waals surface area (Å²) in [5.41, 5.74) is -1.52. The highest BCUT2D eigenvalue weighted by molar-refractivity contribution is 4.90. The number of aliphatic hydroxyl groups is 4. The summed E-state index contributed by atoms with van der Waals surface area (Å²) in [7, 11) is 0. The highest BCUT2D eigenvalue weighted by Gasteiger charge is 2.41. The predicted octanol–water partition coefficient (Wildman–Crippen LogP) is -2.27. The van der Waals surface area contributed by atoms with Gasteiger partial charge in [-0.2, -0.15) is 0 Å². The van der Waals surface area contributed by atoms with E-state index in [-0.39, 0.29) is 6.42 Å². The second kappa shape index (κ2) is 3.04. The molecule has 0 radical (unpaired) electrons. The number of nitrogens with one attached hydrogen (secondary N) is 1. The maximum atomic E-state index is 9.45. The monoisotopic (exact) mass is 163 g/mol. The smallest absolute Gasteiger partial charge is 0.146 e. The maximum absolute atomic E-state index is 9.45. The largest absolute Gasteiger partial charge is 0.394 e. The Bertz CT molecular complexity index is 143. The van der Waals surface area contributed by atoms with Crippen molar-refractivity contribution in [2.75, 3.05) is 6.61 Å². The van der Waals surface area contributed by atoms with Crippen LogP contribution >= 0.6 is 0 Å². The Morgan fingerprint density at radius 3 is 2.64 bits per heavy atom. The van der Waals surface area contributed by atoms with Crippen molar-refractivity contribution in [2.24, 2.45) is 0 Å². The van der Waals surface area contributed by atoms with Crippen LogP contribution in [0.15, 0.2) is 0 Å². The lowest BCUT2D eigenvalue weighted by atomic mass is 10.1. The first kappa shape index (κ1) is 8.89. The molecule has 0 spiro atoms. The summed E-state index contributed by atoms with van der Waals surface area (Å²) in [6.45, 7) is -0.518. The van der Waals surface area contributed by atoms with Gasteiger partial charge in [0.2, 0.25) is 0 Å². The fourth-order valence-corrected chi connectivity index (χ4v) is 1.20. The van der Waals surface area contributed by atoms with Crippen LogP contribution in [0.25, 0.3) is 0 Å². The van der Waals surface area contributed by atoms with Crippen molar-refractivity contribution >= 4 is 0 Å². The highest BCUT2D eigenvalue weighted by Crippen LogP contribution is 2.22. The molecule has 1 fully saturated rings. The Kier molecular flexibility index (Phi) is 2.46. The van der Waals surface area contributed by atoms with Gasteiger partial charge in [0, 0.05) is 0 Å². The van der Waals surface area contributed by atoms with Gasteiger partial charge in [-0.15, -0.1) is 0 Å². The van der Waals surface area contributed by atoms with Gasteiger partial charge >= 0.3 is 0 Å². The van der Waals surface area contributed by atoms with Gasteiger partial charge in [-0.05, 0) is 12.8 Å². The van der Waals surface area contributed by atoms with Gasteiger partial charge in [-0.3, -0.25) is 5.32 Å². The number of hydrogen-bond donors (Lipinski definition) is 5. The van der Waals surface area contributed by atoms with E-state index in [0.29, 0.717) is 6.42 Å². The zero-order valence-corrected chi connectivity index (χ0v) is 6.06. The molecule has 0 aromatic heterocycles. The molecule has 0 bridgehead atoms. The number of aliphatic hydroxyl groups excluding tert-OH is 3. The SMILES string of the molecule is OC[C@H](O)[C@@]1(O)CCC(O)N1. The molecule has 5 nitrogen and oxygen atoms in total. The molecule has 3 atom stereocenters. The highest BCUT2D eigenvalue weighted by atomic mass is 16.4. The molecular formula is C6H13NO4. The molecule has 66 valence electrons. The molecule has 5 N–H and O–H groups in total. The van der Waals surface area contributed by atoms with Crippen LogP contribution < -0.4 is 5.32 Å². The molecule has 1 unspecified atom stereocenters. The van der Waals surface area contributed by atoms with Crippen molar-refractivity contribution in [3.05, 3.63) is 0 Å². The Morgan fingerprint density at radius 2 is 2.27 bits per heavy atom. The zero-order valence-electron chi connectivity index (χ0n) is 6.06. The van der Waals surface area contributed by atoms with Crippen molar-refractivity contribution in [2.45, 2.75) is 30.9 Å². The minimum Gasteiger partial charge on any atom is -0.394 e. The van der Waals surface area contributed by atoms with Crippen molar-refractivity contribution in [1.29, 1.82) is 0 Å². The fourth-order valence-electron chi connectivity index (χ4n) is 1.20. The quantitative estimate of drug-likeness (QED) is 0.316. The van der Waals surface area contributed by atoms with Gasteiger partial charge in [-0.25, -0.2) is 0 Å². The maximum Gasteiger partial charge on any atom is 0.146 e. The van der Waals surface area contributed by atoms with E-state index in [0.717, 1.165) is 0 Å². The summed E-state index contributed by atoms with van der Waals surface area (Å²) in [4.78, 5) is 0. The summed E-state index contributed by atoms with van der Waals surface area (Å²) < 4.78 is 0. The molecule has 1 heterocycles. The summed E-state index contributed by atoms with van der Waals surface area (Å²) >= 11 is 0. The summed E-state index contributed by atoms with van der Waals surface area (Å²) in [6, 6.07) is 0. The lowest BCUT2D eigenvalue weighted by molar-refractivity contribution is -0.113. The minimum absolute atomic E-state index is 0.246. The molecule has 1 aliphatic heterocycles. The van der Waals surface area contributed by atoms with Crippen molar-refractivity contribution in [1.82, 2.24) is 5.32 Å². The van der Waals surface area contributed by atoms with Crippen molar-refractivity contribution < 1.29 is 20.4 Å². The summed E-state index contributed by atoms with van der Waals surface area (Å²) in [5.74, 6) is 0. The second-order valence-corrected chi connectivity index (χ2v) is 2.82. The van der Waals surface area contributed by atoms with Gasteiger partial charge in [0.1, 0.15) is 18.1 Å². The molecule has 1 saturated heterocycles. The second-order valence-electron chi connectivity index (χ2n) is 2.82. The van der Waals surface area contributed by atoms with Crippen molar-refractivity contribution in [3.63, 3.8) is 0 Å². The van der Waals surface area contributed by atoms with E-state index in [9.17, 15) is 5.11 Å². The standard InChI is InChI=1S/C6H13NO4/c8-3-4(9)6(11)2-1-5(10)7-6/h4-5,7-11H,1-3H2/t4-,5?,6-/m0/s1. The van der Waals surface area contributed by atoms with E-state index in [1.54, 1.807) is 0 Å². The van der Waals surface area contributed by atoms with Crippen LogP contribution in [0.4, 0.5) is 0 Å². The molecule has 11 heavy (non-hydrogen) atoms. The fraction of sp³-hybridized carbons (Fsp3) is 1.00. The third-order valence-electron chi connectivity index (χ3n) is 1.94. The topological polar surface area (TPSA) is 93.0 Å². The zero-order chi connectivity index (χ0) is 8.48. The van der Waals surface area contributed by atoms with E-state index in [2.05, 4.69) is 5.32 Å². The first-order valence-electron chi connectivity index (χ1n) is 3.55. The van der Waals surface area contributed by atoms with E-state index in [4.69, 9.17) is 15.3 Å². The van der Waals surface area contributed by atoms with Crippen LogP contribution in [0.2, 0.25) is 0 Å². The normalized spacial score (nSPS) is 40.9. The average molecular weight is 163 g/mol. The van der Waals surface area contributed by atoms with Gasteiger partial charge < -0.3 is 20.4 Å². The average Bonchev–Trinajstić information content (AvgIpc) is 2.31. The van der Waals surface area contributed by atoms with E-state index >= 15 is 0 Å². The Labute approximate surface area is 64.3 Å². The molecule has 1 rings (SSSR count). The molecule has 1 aliphatic rings. The third-order valence-corrected chi connectivity index (χ3v) is 1.94. The molecule has 0 aromatic rings. The lowest BCUT2D eigenvalue weighted by Gasteiger charge is -2.27. The Hall–Kier alpha value is -0.200. The summed E-state index contributed by atoms with van der Waals surface area (Å²) in [5, 5.41) is 38.4. The van der Waals surface area contributed by atoms with Gasteiger partial charge in [0.25, 0.3) is 0 Å². The van der Waals surface area contributed by atoms with Crippen LogP contribution in [0.1, 0.15) is 12.8 Å². The van der Waals surface area contributed by atoms with Crippen LogP contribution in [0.5, 0.6) is 0 Å². The third kappa shape index (κ3) is 1.69. The minimum atomic E-state index is -1.52. The van der Waals surface area contributed by atoms with Crippen LogP contribution in [0, 0.1) is 0 Å². The van der Waals surface area contributed by atoms with Crippen LogP contribution in [0.3, 0.4) is 0 Å². The number of hydrogen-bond acceptors (Lipinski definition) is 5. The first-order chi connectivity index (χ1) is 5.08. The van der Waals surface area contributed by atoms with E-state index in [1.807, 2.05) is 0 Å². The predicted molar refractivity (Wildman–Crippen MR) is 36.4 cm³/mol. The van der Waals surface area contributed by atoms with Crippen LogP contribution in [-0.2, 0) is 0 Å². The van der Waals surface area contributed by atoms with Gasteiger partial charge in [0.15, 0.2) is 0 Å². The molecule has 0 amide bonds.